The molecule has 1 saturated heterocycles. The highest BCUT2D eigenvalue weighted by atomic mass is 16.8. The second-order valence-corrected chi connectivity index (χ2v) is 6.06. The Balaban J connectivity index is 2.05. The van der Waals surface area contributed by atoms with Gasteiger partial charge in [0.25, 0.3) is 0 Å². The average Bonchev–Trinajstić information content (AvgIpc) is 3.20. The van der Waals surface area contributed by atoms with E-state index in [1.165, 1.54) is 0 Å². The predicted molar refractivity (Wildman–Crippen MR) is 93.2 cm³/mol. The molecule has 1 heterocycles. The molecule has 0 saturated carbocycles. The molecule has 0 aromatic rings. The summed E-state index contributed by atoms with van der Waals surface area (Å²) in [5.74, 6) is 0. The van der Waals surface area contributed by atoms with Crippen molar-refractivity contribution in [3.05, 3.63) is 0 Å². The minimum Gasteiger partial charge on any atom is -0.431 e. The van der Waals surface area contributed by atoms with Gasteiger partial charge in [0.1, 0.15) is 64.6 Å². The molecule has 16 nitrogen and oxygen atoms in total. The normalized spacial score (nSPS) is 17.8. The van der Waals surface area contributed by atoms with Gasteiger partial charge >= 0.3 is 24.6 Å². The van der Waals surface area contributed by atoms with Crippen LogP contribution >= 0.6 is 0 Å². The predicted octanol–water partition coefficient (Wildman–Crippen LogP) is -1.94. The Kier molecular flexibility index (Phi) is 12.5. The number of rotatable bonds is 13. The van der Waals surface area contributed by atoms with Crippen molar-refractivity contribution in [3.63, 3.8) is 0 Å². The molecule has 32 heavy (non-hydrogen) atoms. The van der Waals surface area contributed by atoms with E-state index in [1.54, 1.807) is 0 Å². The first kappa shape index (κ1) is 27.0. The van der Waals surface area contributed by atoms with Gasteiger partial charge in [-0.05, 0) is 0 Å². The fourth-order valence-corrected chi connectivity index (χ4v) is 1.70. The fraction of sp³-hybridized carbons (Fsp3) is 0.750. The highest BCUT2D eigenvalue weighted by Gasteiger charge is 2.26. The van der Waals surface area contributed by atoms with Crippen LogP contribution in [0.2, 0.25) is 0 Å². The fourth-order valence-electron chi connectivity index (χ4n) is 1.70. The molecule has 0 aromatic carbocycles. The Morgan fingerprint density at radius 2 is 1.19 bits per heavy atom. The van der Waals surface area contributed by atoms with Crippen LogP contribution in [0.5, 0.6) is 0 Å². The van der Waals surface area contributed by atoms with Crippen LogP contribution in [0.4, 0.5) is 19.2 Å². The Labute approximate surface area is 180 Å². The first-order valence-electron chi connectivity index (χ1n) is 9.06. The van der Waals surface area contributed by atoms with Crippen molar-refractivity contribution in [2.45, 2.75) is 24.4 Å². The van der Waals surface area contributed by atoms with Gasteiger partial charge in [-0.25, -0.2) is 19.2 Å². The minimum absolute atomic E-state index is 0.0790. The Bertz CT molecular complexity index is 609. The Hall–Kier alpha value is -3.08. The second-order valence-electron chi connectivity index (χ2n) is 6.06. The largest absolute Gasteiger partial charge is 0.508 e. The molecule has 16 heteroatoms. The molecule has 4 unspecified atom stereocenters. The molecule has 0 radical (unpaired) electrons. The van der Waals surface area contributed by atoms with Crippen molar-refractivity contribution < 1.29 is 77.5 Å². The number of aliphatic hydroxyl groups is 4. The summed E-state index contributed by atoms with van der Waals surface area (Å²) in [5, 5.41) is 36.6. The summed E-state index contributed by atoms with van der Waals surface area (Å²) in [7, 11) is 0. The number of carbonyl (C=O) groups is 4. The zero-order valence-corrected chi connectivity index (χ0v) is 16.7. The van der Waals surface area contributed by atoms with Crippen LogP contribution in [-0.2, 0) is 37.9 Å². The van der Waals surface area contributed by atoms with Crippen LogP contribution in [0.15, 0.2) is 0 Å². The van der Waals surface area contributed by atoms with E-state index in [0.717, 1.165) is 0 Å². The highest BCUT2D eigenvalue weighted by molar-refractivity contribution is 5.62. The van der Waals surface area contributed by atoms with Gasteiger partial charge in [0.05, 0.1) is 6.61 Å². The van der Waals surface area contributed by atoms with E-state index in [4.69, 9.17) is 10.2 Å². The number of hydrogen-bond donors (Lipinski definition) is 4. The topological polar surface area (TPSA) is 223 Å². The van der Waals surface area contributed by atoms with E-state index < -0.39 is 88.7 Å². The number of cyclic esters (lactones) is 2. The molecular weight excluding hydrogens is 448 g/mol. The molecule has 1 aliphatic rings. The van der Waals surface area contributed by atoms with Gasteiger partial charge in [-0.2, -0.15) is 0 Å². The van der Waals surface area contributed by atoms with Crippen LogP contribution in [0.3, 0.4) is 0 Å². The van der Waals surface area contributed by atoms with Gasteiger partial charge in [0.2, 0.25) is 0 Å². The van der Waals surface area contributed by atoms with Gasteiger partial charge in [-0.1, -0.05) is 0 Å². The van der Waals surface area contributed by atoms with Crippen LogP contribution < -0.4 is 0 Å². The maximum Gasteiger partial charge on any atom is 0.508 e. The van der Waals surface area contributed by atoms with Crippen LogP contribution in [0.1, 0.15) is 0 Å². The average molecular weight is 472 g/mol. The molecule has 0 spiro atoms. The summed E-state index contributed by atoms with van der Waals surface area (Å²) in [6.45, 7) is -3.95. The maximum atomic E-state index is 11.4. The van der Waals surface area contributed by atoms with Gasteiger partial charge in [0, 0.05) is 0 Å². The molecule has 0 bridgehead atoms. The lowest BCUT2D eigenvalue weighted by atomic mass is 10.4. The number of carbonyl (C=O) groups excluding carboxylic acids is 4. The molecule has 184 valence electrons. The molecule has 1 fully saturated rings. The summed E-state index contributed by atoms with van der Waals surface area (Å²) in [5.41, 5.74) is 0. The van der Waals surface area contributed by atoms with E-state index in [1.807, 2.05) is 0 Å². The lowest BCUT2D eigenvalue weighted by Crippen LogP contribution is -2.29. The summed E-state index contributed by atoms with van der Waals surface area (Å²) >= 11 is 0. The third kappa shape index (κ3) is 12.6. The summed E-state index contributed by atoms with van der Waals surface area (Å²) < 4.78 is 36.2. The van der Waals surface area contributed by atoms with Crippen LogP contribution in [-0.4, -0.2) is 122 Å². The van der Waals surface area contributed by atoms with E-state index in [2.05, 4.69) is 37.9 Å². The van der Waals surface area contributed by atoms with Crippen molar-refractivity contribution in [2.75, 3.05) is 52.9 Å². The van der Waals surface area contributed by atoms with Gasteiger partial charge < -0.3 is 58.3 Å². The zero-order valence-electron chi connectivity index (χ0n) is 16.7. The number of ether oxygens (including phenoxy) is 8. The molecular formula is C16H24O16. The number of hydrogen-bond acceptors (Lipinski definition) is 16. The molecule has 1 aliphatic heterocycles. The quantitative estimate of drug-likeness (QED) is 0.169. The molecule has 4 N–H and O–H groups in total. The lowest BCUT2D eigenvalue weighted by molar-refractivity contribution is -0.0413. The Morgan fingerprint density at radius 1 is 0.781 bits per heavy atom. The van der Waals surface area contributed by atoms with Crippen molar-refractivity contribution in [1.29, 1.82) is 0 Å². The van der Waals surface area contributed by atoms with Gasteiger partial charge in [-0.15, -0.1) is 0 Å². The summed E-state index contributed by atoms with van der Waals surface area (Å²) in [6, 6.07) is 0. The van der Waals surface area contributed by atoms with E-state index in [9.17, 15) is 29.4 Å². The molecule has 0 aliphatic carbocycles. The molecule has 0 aromatic heterocycles. The second kappa shape index (κ2) is 14.8. The standard InChI is InChI=1S/C16H24O16/c17-1-9(18)2-25-13(21)26-3-10(19)4-27-14(22)28-5-11(20)6-29-15(23)30-7-12-8-31-16(24)32-12/h9-12,17-20H,1-8H2. The summed E-state index contributed by atoms with van der Waals surface area (Å²) in [4.78, 5) is 44.5. The minimum atomic E-state index is -1.43. The zero-order chi connectivity index (χ0) is 23.9. The van der Waals surface area contributed by atoms with E-state index >= 15 is 0 Å². The highest BCUT2D eigenvalue weighted by Crippen LogP contribution is 2.06. The van der Waals surface area contributed by atoms with E-state index in [0.29, 0.717) is 0 Å². The van der Waals surface area contributed by atoms with Crippen LogP contribution in [0.25, 0.3) is 0 Å². The summed E-state index contributed by atoms with van der Waals surface area (Å²) in [6.07, 6.45) is -9.42. The molecule has 1 rings (SSSR count). The van der Waals surface area contributed by atoms with Gasteiger partial charge in [0.15, 0.2) is 6.10 Å². The van der Waals surface area contributed by atoms with Crippen molar-refractivity contribution in [2.24, 2.45) is 0 Å². The first-order valence-corrected chi connectivity index (χ1v) is 9.06. The van der Waals surface area contributed by atoms with Crippen molar-refractivity contribution >= 4 is 24.6 Å². The van der Waals surface area contributed by atoms with Crippen molar-refractivity contribution in [1.82, 2.24) is 0 Å². The Morgan fingerprint density at radius 3 is 1.56 bits per heavy atom. The monoisotopic (exact) mass is 472 g/mol. The molecule has 0 amide bonds. The third-order valence-electron chi connectivity index (χ3n) is 3.22. The van der Waals surface area contributed by atoms with Crippen molar-refractivity contribution in [3.8, 4) is 0 Å². The smallest absolute Gasteiger partial charge is 0.431 e. The maximum absolute atomic E-state index is 11.4. The van der Waals surface area contributed by atoms with Gasteiger partial charge in [-0.3, -0.25) is 0 Å². The van der Waals surface area contributed by atoms with Crippen LogP contribution in [0, 0.1) is 0 Å². The van der Waals surface area contributed by atoms with E-state index in [-0.39, 0.29) is 13.2 Å². The lowest BCUT2D eigenvalue weighted by Gasteiger charge is -2.14. The SMILES string of the molecule is O=C(OCC(O)CO)OCC(O)COC(=O)OCC(O)COC(=O)OCC1COC(=O)O1. The first-order chi connectivity index (χ1) is 15.2. The molecule has 4 atom stereocenters. The third-order valence-corrected chi connectivity index (χ3v) is 3.22. The number of aliphatic hydroxyl groups excluding tert-OH is 4.